The SMILES string of the molecule is CCCSCc1noc(CNC(C)(C)C)n1. The Balaban J connectivity index is 2.33. The Kier molecular flexibility index (Phi) is 5.28. The zero-order chi connectivity index (χ0) is 12.0. The van der Waals surface area contributed by atoms with Crippen LogP contribution in [0.3, 0.4) is 0 Å². The van der Waals surface area contributed by atoms with Crippen LogP contribution >= 0.6 is 11.8 Å². The van der Waals surface area contributed by atoms with Crippen LogP contribution in [-0.4, -0.2) is 21.4 Å². The monoisotopic (exact) mass is 243 g/mol. The van der Waals surface area contributed by atoms with Crippen LogP contribution in [0.1, 0.15) is 45.8 Å². The number of hydrogen-bond acceptors (Lipinski definition) is 5. The van der Waals surface area contributed by atoms with Gasteiger partial charge in [-0.05, 0) is 32.9 Å². The number of hydrogen-bond donors (Lipinski definition) is 1. The van der Waals surface area contributed by atoms with Crippen molar-refractivity contribution in [3.8, 4) is 0 Å². The van der Waals surface area contributed by atoms with Gasteiger partial charge in [0.25, 0.3) is 0 Å². The van der Waals surface area contributed by atoms with Crippen molar-refractivity contribution in [3.05, 3.63) is 11.7 Å². The van der Waals surface area contributed by atoms with Crippen molar-refractivity contribution in [2.75, 3.05) is 5.75 Å². The van der Waals surface area contributed by atoms with Crippen molar-refractivity contribution >= 4 is 11.8 Å². The van der Waals surface area contributed by atoms with Crippen LogP contribution < -0.4 is 5.32 Å². The zero-order valence-corrected chi connectivity index (χ0v) is 11.4. The summed E-state index contributed by atoms with van der Waals surface area (Å²) in [6.45, 7) is 9.14. The van der Waals surface area contributed by atoms with Crippen molar-refractivity contribution in [3.63, 3.8) is 0 Å². The second kappa shape index (κ2) is 6.25. The summed E-state index contributed by atoms with van der Waals surface area (Å²) in [6.07, 6.45) is 1.18. The summed E-state index contributed by atoms with van der Waals surface area (Å²) in [7, 11) is 0. The van der Waals surface area contributed by atoms with E-state index in [2.05, 4.69) is 43.2 Å². The van der Waals surface area contributed by atoms with Crippen LogP contribution in [0.4, 0.5) is 0 Å². The number of nitrogens with one attached hydrogen (secondary N) is 1. The molecule has 0 aliphatic carbocycles. The molecule has 1 aromatic heterocycles. The first-order chi connectivity index (χ1) is 7.51. The summed E-state index contributed by atoms with van der Waals surface area (Å²) in [5, 5.41) is 7.26. The molecule has 1 aromatic rings. The Morgan fingerprint density at radius 3 is 2.75 bits per heavy atom. The molecule has 0 aliphatic rings. The molecule has 0 fully saturated rings. The highest BCUT2D eigenvalue weighted by molar-refractivity contribution is 7.98. The van der Waals surface area contributed by atoms with Gasteiger partial charge in [0, 0.05) is 5.54 Å². The molecule has 0 radical (unpaired) electrons. The molecule has 1 N–H and O–H groups in total. The number of nitrogens with zero attached hydrogens (tertiary/aromatic N) is 2. The van der Waals surface area contributed by atoms with E-state index < -0.39 is 0 Å². The summed E-state index contributed by atoms with van der Waals surface area (Å²) >= 11 is 1.84. The summed E-state index contributed by atoms with van der Waals surface area (Å²) < 4.78 is 5.15. The summed E-state index contributed by atoms with van der Waals surface area (Å²) in [6, 6.07) is 0. The zero-order valence-electron chi connectivity index (χ0n) is 10.5. The molecule has 0 bridgehead atoms. The van der Waals surface area contributed by atoms with E-state index in [4.69, 9.17) is 4.52 Å². The van der Waals surface area contributed by atoms with Gasteiger partial charge in [0.05, 0.1) is 12.3 Å². The summed E-state index contributed by atoms with van der Waals surface area (Å²) in [4.78, 5) is 4.32. The molecule has 0 spiro atoms. The lowest BCUT2D eigenvalue weighted by molar-refractivity contribution is 0.334. The summed E-state index contributed by atoms with van der Waals surface area (Å²) in [5.41, 5.74) is 0.0750. The number of rotatable bonds is 6. The maximum Gasteiger partial charge on any atom is 0.240 e. The minimum Gasteiger partial charge on any atom is -0.338 e. The molecule has 92 valence electrons. The van der Waals surface area contributed by atoms with Crippen molar-refractivity contribution in [1.29, 1.82) is 0 Å². The Morgan fingerprint density at radius 2 is 2.12 bits per heavy atom. The van der Waals surface area contributed by atoms with Crippen LogP contribution in [0, 0.1) is 0 Å². The fraction of sp³-hybridized carbons (Fsp3) is 0.818. The lowest BCUT2D eigenvalue weighted by Gasteiger charge is -2.18. The van der Waals surface area contributed by atoms with Gasteiger partial charge in [-0.3, -0.25) is 0 Å². The number of thioether (sulfide) groups is 1. The van der Waals surface area contributed by atoms with Crippen LogP contribution in [0.25, 0.3) is 0 Å². The van der Waals surface area contributed by atoms with Gasteiger partial charge in [-0.25, -0.2) is 0 Å². The van der Waals surface area contributed by atoms with E-state index in [9.17, 15) is 0 Å². The van der Waals surface area contributed by atoms with Crippen molar-refractivity contribution in [2.24, 2.45) is 0 Å². The molecule has 1 heterocycles. The van der Waals surface area contributed by atoms with Gasteiger partial charge in [0.15, 0.2) is 5.82 Å². The molecule has 1 rings (SSSR count). The molecule has 0 unspecified atom stereocenters. The lowest BCUT2D eigenvalue weighted by atomic mass is 10.1. The minimum atomic E-state index is 0.0750. The minimum absolute atomic E-state index is 0.0750. The fourth-order valence-corrected chi connectivity index (χ4v) is 1.80. The fourth-order valence-electron chi connectivity index (χ4n) is 1.07. The average Bonchev–Trinajstić information content (AvgIpc) is 2.62. The maximum atomic E-state index is 5.15. The molecule has 0 atom stereocenters. The molecule has 0 saturated heterocycles. The second-order valence-corrected chi connectivity index (χ2v) is 5.87. The van der Waals surface area contributed by atoms with Gasteiger partial charge >= 0.3 is 0 Å². The molecule has 4 nitrogen and oxygen atoms in total. The smallest absolute Gasteiger partial charge is 0.240 e. The predicted octanol–water partition coefficient (Wildman–Crippen LogP) is 2.60. The van der Waals surface area contributed by atoms with E-state index in [-0.39, 0.29) is 5.54 Å². The third-order valence-electron chi connectivity index (χ3n) is 1.86. The molecule has 0 aromatic carbocycles. The largest absolute Gasteiger partial charge is 0.338 e. The highest BCUT2D eigenvalue weighted by Gasteiger charge is 2.12. The van der Waals surface area contributed by atoms with Crippen LogP contribution in [0.15, 0.2) is 4.52 Å². The maximum absolute atomic E-state index is 5.15. The molecule has 0 aliphatic heterocycles. The Hall–Kier alpha value is -0.550. The van der Waals surface area contributed by atoms with E-state index in [1.807, 2.05) is 11.8 Å². The highest BCUT2D eigenvalue weighted by Crippen LogP contribution is 2.10. The van der Waals surface area contributed by atoms with Crippen molar-refractivity contribution in [1.82, 2.24) is 15.5 Å². The van der Waals surface area contributed by atoms with Crippen molar-refractivity contribution < 1.29 is 4.52 Å². The topological polar surface area (TPSA) is 51.0 Å². The molecule has 0 amide bonds. The van der Waals surface area contributed by atoms with Crippen LogP contribution in [0.2, 0.25) is 0 Å². The summed E-state index contributed by atoms with van der Waals surface area (Å²) in [5.74, 6) is 3.45. The Labute approximate surface area is 102 Å². The van der Waals surface area contributed by atoms with Gasteiger partial charge in [-0.2, -0.15) is 16.7 Å². The van der Waals surface area contributed by atoms with E-state index in [1.54, 1.807) is 0 Å². The Morgan fingerprint density at radius 1 is 1.38 bits per heavy atom. The normalized spacial score (nSPS) is 12.0. The second-order valence-electron chi connectivity index (χ2n) is 4.76. The third kappa shape index (κ3) is 5.51. The Bertz CT molecular complexity index is 306. The van der Waals surface area contributed by atoms with Crippen molar-refractivity contribution in [2.45, 2.75) is 52.0 Å². The van der Waals surface area contributed by atoms with E-state index >= 15 is 0 Å². The molecular weight excluding hydrogens is 222 g/mol. The predicted molar refractivity (Wildman–Crippen MR) is 67.3 cm³/mol. The first-order valence-electron chi connectivity index (χ1n) is 5.65. The molecule has 0 saturated carbocycles. The van der Waals surface area contributed by atoms with E-state index in [0.29, 0.717) is 12.4 Å². The van der Waals surface area contributed by atoms with Gasteiger partial charge in [-0.15, -0.1) is 0 Å². The van der Waals surface area contributed by atoms with Crippen LogP contribution in [-0.2, 0) is 12.3 Å². The van der Waals surface area contributed by atoms with E-state index in [0.717, 1.165) is 17.3 Å². The van der Waals surface area contributed by atoms with Crippen LogP contribution in [0.5, 0.6) is 0 Å². The molecular formula is C11H21N3OS. The number of aromatic nitrogens is 2. The van der Waals surface area contributed by atoms with Gasteiger partial charge in [0.1, 0.15) is 0 Å². The third-order valence-corrected chi connectivity index (χ3v) is 3.02. The van der Waals surface area contributed by atoms with E-state index in [1.165, 1.54) is 6.42 Å². The highest BCUT2D eigenvalue weighted by atomic mass is 32.2. The lowest BCUT2D eigenvalue weighted by Crippen LogP contribution is -2.35. The standard InChI is InChI=1S/C11H21N3OS/c1-5-6-16-8-9-13-10(15-14-9)7-12-11(2,3)4/h12H,5-8H2,1-4H3. The first kappa shape index (κ1) is 13.5. The van der Waals surface area contributed by atoms with Gasteiger partial charge < -0.3 is 9.84 Å². The quantitative estimate of drug-likeness (QED) is 0.778. The van der Waals surface area contributed by atoms with Gasteiger partial charge in [0.2, 0.25) is 5.89 Å². The average molecular weight is 243 g/mol. The van der Waals surface area contributed by atoms with Gasteiger partial charge in [-0.1, -0.05) is 12.1 Å². The first-order valence-corrected chi connectivity index (χ1v) is 6.81. The molecule has 5 heteroatoms. The molecule has 16 heavy (non-hydrogen) atoms.